The highest BCUT2D eigenvalue weighted by molar-refractivity contribution is 14.1. The summed E-state index contributed by atoms with van der Waals surface area (Å²) < 4.78 is 17.9. The van der Waals surface area contributed by atoms with Crippen LogP contribution in [0.3, 0.4) is 0 Å². The van der Waals surface area contributed by atoms with E-state index in [0.29, 0.717) is 14.9 Å². The number of halogens is 3. The Kier molecular flexibility index (Phi) is 3.80. The molecule has 0 spiro atoms. The highest BCUT2D eigenvalue weighted by atomic mass is 127. The molecule has 98 valence electrons. The minimum absolute atomic E-state index is 0.219. The van der Waals surface area contributed by atoms with Crippen LogP contribution in [0.1, 0.15) is 4.88 Å². The van der Waals surface area contributed by atoms with Crippen molar-refractivity contribution in [2.24, 2.45) is 0 Å². The van der Waals surface area contributed by atoms with Crippen LogP contribution in [-0.2, 0) is 6.54 Å². The standard InChI is InChI=1S/C12H7BrFIN2S2/c13-6-1-7(19-5-6)4-17-11-2-8(14)9(15)3-10(11)16-12(17)18/h1-3,5H,4H2,(H,16,18). The summed E-state index contributed by atoms with van der Waals surface area (Å²) in [5, 5.41) is 2.03. The van der Waals surface area contributed by atoms with Crippen molar-refractivity contribution in [3.8, 4) is 0 Å². The maximum atomic E-state index is 13.7. The van der Waals surface area contributed by atoms with Crippen molar-refractivity contribution in [3.63, 3.8) is 0 Å². The monoisotopic (exact) mass is 468 g/mol. The molecular weight excluding hydrogens is 462 g/mol. The summed E-state index contributed by atoms with van der Waals surface area (Å²) in [6.07, 6.45) is 0. The van der Waals surface area contributed by atoms with E-state index in [1.165, 1.54) is 10.9 Å². The fourth-order valence-corrected chi connectivity index (χ4v) is 4.08. The molecule has 0 saturated carbocycles. The van der Waals surface area contributed by atoms with Gasteiger partial charge in [-0.1, -0.05) is 0 Å². The van der Waals surface area contributed by atoms with Crippen LogP contribution >= 0.6 is 62.1 Å². The number of aromatic nitrogens is 2. The largest absolute Gasteiger partial charge is 0.331 e. The van der Waals surface area contributed by atoms with Crippen molar-refractivity contribution in [2.75, 3.05) is 0 Å². The summed E-state index contributed by atoms with van der Waals surface area (Å²) in [7, 11) is 0. The van der Waals surface area contributed by atoms with Crippen molar-refractivity contribution < 1.29 is 4.39 Å². The number of nitrogens with zero attached hydrogens (tertiary/aromatic N) is 1. The zero-order chi connectivity index (χ0) is 13.6. The molecule has 0 bridgehead atoms. The van der Waals surface area contributed by atoms with Gasteiger partial charge in [0.1, 0.15) is 5.82 Å². The van der Waals surface area contributed by atoms with E-state index < -0.39 is 0 Å². The lowest BCUT2D eigenvalue weighted by Crippen LogP contribution is -1.98. The molecule has 0 fully saturated rings. The average Bonchev–Trinajstić information content (AvgIpc) is 2.87. The topological polar surface area (TPSA) is 20.7 Å². The van der Waals surface area contributed by atoms with Crippen molar-refractivity contribution in [3.05, 3.63) is 47.1 Å². The first kappa shape index (κ1) is 13.7. The average molecular weight is 469 g/mol. The van der Waals surface area contributed by atoms with Gasteiger partial charge < -0.3 is 9.55 Å². The molecule has 0 unspecified atom stereocenters. The first-order valence-corrected chi connectivity index (χ1v) is 8.51. The molecule has 7 heteroatoms. The van der Waals surface area contributed by atoms with Crippen LogP contribution in [0.5, 0.6) is 0 Å². The molecule has 0 radical (unpaired) electrons. The quantitative estimate of drug-likeness (QED) is 0.399. The summed E-state index contributed by atoms with van der Waals surface area (Å²) >= 11 is 12.4. The zero-order valence-corrected chi connectivity index (χ0v) is 14.8. The van der Waals surface area contributed by atoms with Gasteiger partial charge in [-0.3, -0.25) is 0 Å². The van der Waals surface area contributed by atoms with Gasteiger partial charge in [-0.25, -0.2) is 4.39 Å². The number of rotatable bonds is 2. The van der Waals surface area contributed by atoms with E-state index in [2.05, 4.69) is 20.9 Å². The van der Waals surface area contributed by atoms with Gasteiger partial charge in [0.25, 0.3) is 0 Å². The summed E-state index contributed by atoms with van der Waals surface area (Å²) in [5.74, 6) is -0.219. The molecule has 3 aromatic rings. The second-order valence-corrected chi connectivity index (χ2v) is 7.49. The predicted octanol–water partition coefficient (Wildman–Crippen LogP) is 5.31. The number of nitrogens with one attached hydrogen (secondary N) is 1. The van der Waals surface area contributed by atoms with E-state index in [4.69, 9.17) is 12.2 Å². The van der Waals surface area contributed by atoms with Crippen molar-refractivity contribution in [2.45, 2.75) is 6.54 Å². The Morgan fingerprint density at radius 1 is 1.42 bits per heavy atom. The molecule has 2 nitrogen and oxygen atoms in total. The van der Waals surface area contributed by atoms with Crippen molar-refractivity contribution in [1.82, 2.24) is 9.55 Å². The molecule has 0 aliphatic heterocycles. The van der Waals surface area contributed by atoms with E-state index in [0.717, 1.165) is 15.5 Å². The Morgan fingerprint density at radius 3 is 2.89 bits per heavy atom. The lowest BCUT2D eigenvalue weighted by atomic mass is 10.3. The van der Waals surface area contributed by atoms with E-state index in [1.54, 1.807) is 17.4 Å². The van der Waals surface area contributed by atoms with Crippen LogP contribution in [0.25, 0.3) is 11.0 Å². The van der Waals surface area contributed by atoms with E-state index in [9.17, 15) is 4.39 Å². The molecule has 1 N–H and O–H groups in total. The van der Waals surface area contributed by atoms with Crippen LogP contribution < -0.4 is 0 Å². The van der Waals surface area contributed by atoms with Gasteiger partial charge in [0, 0.05) is 20.8 Å². The Labute approximate surface area is 139 Å². The number of thiophene rings is 1. The number of aromatic amines is 1. The third kappa shape index (κ3) is 2.65. The summed E-state index contributed by atoms with van der Waals surface area (Å²) in [6, 6.07) is 5.36. The number of hydrogen-bond acceptors (Lipinski definition) is 2. The van der Waals surface area contributed by atoms with Gasteiger partial charge in [0.05, 0.1) is 21.1 Å². The molecule has 0 saturated heterocycles. The molecule has 0 amide bonds. The van der Waals surface area contributed by atoms with Crippen molar-refractivity contribution in [1.29, 1.82) is 0 Å². The van der Waals surface area contributed by atoms with Crippen LogP contribution in [0, 0.1) is 14.2 Å². The second kappa shape index (κ2) is 5.27. The highest BCUT2D eigenvalue weighted by Crippen LogP contribution is 2.24. The molecular formula is C12H7BrFIN2S2. The van der Waals surface area contributed by atoms with Gasteiger partial charge in [0.15, 0.2) is 4.77 Å². The molecule has 3 rings (SSSR count). The first-order chi connectivity index (χ1) is 9.04. The van der Waals surface area contributed by atoms with E-state index in [1.807, 2.05) is 38.6 Å². The minimum atomic E-state index is -0.219. The molecule has 0 aliphatic carbocycles. The lowest BCUT2D eigenvalue weighted by molar-refractivity contribution is 0.621. The number of hydrogen-bond donors (Lipinski definition) is 1. The smallest absolute Gasteiger partial charge is 0.178 e. The Balaban J connectivity index is 2.15. The van der Waals surface area contributed by atoms with Gasteiger partial charge in [0.2, 0.25) is 0 Å². The molecule has 2 aromatic heterocycles. The van der Waals surface area contributed by atoms with Gasteiger partial charge >= 0.3 is 0 Å². The minimum Gasteiger partial charge on any atom is -0.331 e. The third-order valence-corrected chi connectivity index (χ3v) is 5.58. The normalized spacial score (nSPS) is 11.3. The maximum Gasteiger partial charge on any atom is 0.178 e. The van der Waals surface area contributed by atoms with Crippen LogP contribution in [0.4, 0.5) is 4.39 Å². The van der Waals surface area contributed by atoms with E-state index >= 15 is 0 Å². The van der Waals surface area contributed by atoms with E-state index in [-0.39, 0.29) is 5.82 Å². The van der Waals surface area contributed by atoms with Crippen LogP contribution in [0.15, 0.2) is 28.1 Å². The fourth-order valence-electron chi connectivity index (χ4n) is 1.90. The van der Waals surface area contributed by atoms with Crippen LogP contribution in [0.2, 0.25) is 0 Å². The lowest BCUT2D eigenvalue weighted by Gasteiger charge is -2.03. The highest BCUT2D eigenvalue weighted by Gasteiger charge is 2.10. The molecule has 19 heavy (non-hydrogen) atoms. The summed E-state index contributed by atoms with van der Waals surface area (Å²) in [4.78, 5) is 4.29. The van der Waals surface area contributed by atoms with Crippen molar-refractivity contribution >= 4 is 73.1 Å². The predicted molar refractivity (Wildman–Crippen MR) is 90.9 cm³/mol. The Morgan fingerprint density at radius 2 is 2.21 bits per heavy atom. The molecule has 2 heterocycles. The number of fused-ring (bicyclic) bond motifs is 1. The molecule has 1 aromatic carbocycles. The SMILES string of the molecule is Fc1cc2c(cc1I)[nH]c(=S)n2Cc1cc(Br)cs1. The fraction of sp³-hybridized carbons (Fsp3) is 0.0833. The van der Waals surface area contributed by atoms with Gasteiger partial charge in [-0.2, -0.15) is 0 Å². The molecule has 0 atom stereocenters. The first-order valence-electron chi connectivity index (χ1n) is 5.35. The Bertz CT molecular complexity index is 821. The van der Waals surface area contributed by atoms with Crippen LogP contribution in [-0.4, -0.2) is 9.55 Å². The molecule has 0 aliphatic rings. The second-order valence-electron chi connectivity index (χ2n) is 4.03. The maximum absolute atomic E-state index is 13.7. The number of benzene rings is 1. The number of H-pyrrole nitrogens is 1. The zero-order valence-electron chi connectivity index (χ0n) is 9.41. The van der Waals surface area contributed by atoms with Gasteiger partial charge in [-0.05, 0) is 62.9 Å². The van der Waals surface area contributed by atoms with Gasteiger partial charge in [-0.15, -0.1) is 11.3 Å². The Hall–Kier alpha value is -0.250. The number of imidazole rings is 1. The summed E-state index contributed by atoms with van der Waals surface area (Å²) in [6.45, 7) is 0.648. The summed E-state index contributed by atoms with van der Waals surface area (Å²) in [5.41, 5.74) is 1.67. The third-order valence-electron chi connectivity index (χ3n) is 2.75.